The van der Waals surface area contributed by atoms with Gasteiger partial charge in [0.25, 0.3) is 0 Å². The van der Waals surface area contributed by atoms with E-state index in [9.17, 15) is 10.1 Å². The summed E-state index contributed by atoms with van der Waals surface area (Å²) in [6, 6.07) is 20.9. The van der Waals surface area contributed by atoms with E-state index in [-0.39, 0.29) is 5.91 Å². The minimum Gasteiger partial charge on any atom is -0.369 e. The summed E-state index contributed by atoms with van der Waals surface area (Å²) in [4.78, 5) is 17.5. The molecule has 0 saturated carbocycles. The van der Waals surface area contributed by atoms with Gasteiger partial charge in [0, 0.05) is 44.1 Å². The van der Waals surface area contributed by atoms with E-state index in [0.717, 1.165) is 43.0 Å². The first-order valence-corrected chi connectivity index (χ1v) is 11.4. The molecular formula is C27H31N5O. The summed E-state index contributed by atoms with van der Waals surface area (Å²) in [7, 11) is 0. The molecule has 0 aliphatic carbocycles. The van der Waals surface area contributed by atoms with Crippen molar-refractivity contribution in [3.8, 4) is 6.07 Å². The predicted molar refractivity (Wildman–Crippen MR) is 133 cm³/mol. The lowest BCUT2D eigenvalue weighted by Gasteiger charge is -2.35. The monoisotopic (exact) mass is 441 g/mol. The van der Waals surface area contributed by atoms with Crippen LogP contribution in [0, 0.1) is 32.1 Å². The van der Waals surface area contributed by atoms with Crippen molar-refractivity contribution in [3.05, 3.63) is 82.5 Å². The third-order valence-corrected chi connectivity index (χ3v) is 6.49. The van der Waals surface area contributed by atoms with Gasteiger partial charge in [0.1, 0.15) is 11.9 Å². The van der Waals surface area contributed by atoms with E-state index < -0.39 is 0 Å². The van der Waals surface area contributed by atoms with Gasteiger partial charge in [0.15, 0.2) is 0 Å². The summed E-state index contributed by atoms with van der Waals surface area (Å²) >= 11 is 0. The summed E-state index contributed by atoms with van der Waals surface area (Å²) in [5, 5.41) is 12.8. The van der Waals surface area contributed by atoms with Gasteiger partial charge in [-0.05, 0) is 49.6 Å². The number of hydrogen-bond donors (Lipinski definition) is 1. The molecule has 2 heterocycles. The molecule has 33 heavy (non-hydrogen) atoms. The maximum absolute atomic E-state index is 13.0. The maximum atomic E-state index is 13.0. The number of nitriles is 1. The van der Waals surface area contributed by atoms with Crippen LogP contribution in [-0.4, -0.2) is 48.1 Å². The number of amides is 1. The van der Waals surface area contributed by atoms with Crippen LogP contribution >= 0.6 is 0 Å². The third-order valence-electron chi connectivity index (χ3n) is 6.49. The molecule has 2 aromatic carbocycles. The minimum atomic E-state index is -0.0812. The van der Waals surface area contributed by atoms with Gasteiger partial charge in [-0.25, -0.2) is 0 Å². The van der Waals surface area contributed by atoms with E-state index in [1.165, 1.54) is 11.3 Å². The second kappa shape index (κ2) is 9.93. The highest BCUT2D eigenvalue weighted by Gasteiger charge is 2.23. The number of carbonyl (C=O) groups is 1. The van der Waals surface area contributed by atoms with Gasteiger partial charge in [-0.2, -0.15) is 5.26 Å². The van der Waals surface area contributed by atoms with Crippen LogP contribution in [-0.2, 0) is 11.3 Å². The van der Waals surface area contributed by atoms with Crippen LogP contribution < -0.4 is 10.2 Å². The number of aryl methyl sites for hydroxylation is 1. The van der Waals surface area contributed by atoms with Gasteiger partial charge < -0.3 is 14.8 Å². The topological polar surface area (TPSA) is 64.3 Å². The second-order valence-electron chi connectivity index (χ2n) is 8.77. The highest BCUT2D eigenvalue weighted by molar-refractivity contribution is 5.93. The van der Waals surface area contributed by atoms with Crippen molar-refractivity contribution in [2.45, 2.75) is 27.3 Å². The number of hydrogen-bond acceptors (Lipinski definition) is 4. The van der Waals surface area contributed by atoms with Crippen LogP contribution in [0.25, 0.3) is 0 Å². The SMILES string of the molecule is Cc1cccc(N2CCN(CC(=O)Nc3c(C#N)c(C)c(C)n3Cc3ccccc3)CC2)c1. The molecule has 1 fully saturated rings. The van der Waals surface area contributed by atoms with Gasteiger partial charge in [0.05, 0.1) is 12.1 Å². The van der Waals surface area contributed by atoms with E-state index in [1.54, 1.807) is 0 Å². The van der Waals surface area contributed by atoms with Crippen molar-refractivity contribution in [3.63, 3.8) is 0 Å². The van der Waals surface area contributed by atoms with Crippen LogP contribution in [0.3, 0.4) is 0 Å². The number of anilines is 2. The number of aromatic nitrogens is 1. The second-order valence-corrected chi connectivity index (χ2v) is 8.77. The third kappa shape index (κ3) is 5.10. The lowest BCUT2D eigenvalue weighted by Crippen LogP contribution is -2.48. The summed E-state index contributed by atoms with van der Waals surface area (Å²) in [5.41, 5.74) is 6.08. The normalized spacial score (nSPS) is 14.2. The standard InChI is InChI=1S/C27H31N5O/c1-20-8-7-11-24(16-20)31-14-12-30(13-15-31)19-26(33)29-27-25(17-28)21(2)22(3)32(27)18-23-9-5-4-6-10-23/h4-11,16H,12-15,18-19H2,1-3H3,(H,29,33). The molecule has 1 saturated heterocycles. The first-order chi connectivity index (χ1) is 16.0. The van der Waals surface area contributed by atoms with E-state index in [1.807, 2.05) is 36.6 Å². The number of rotatable bonds is 6. The summed E-state index contributed by atoms with van der Waals surface area (Å²) in [6.07, 6.45) is 0. The van der Waals surface area contributed by atoms with Crippen molar-refractivity contribution < 1.29 is 4.79 Å². The van der Waals surface area contributed by atoms with E-state index >= 15 is 0 Å². The highest BCUT2D eigenvalue weighted by atomic mass is 16.2. The Morgan fingerprint density at radius 3 is 2.39 bits per heavy atom. The summed E-state index contributed by atoms with van der Waals surface area (Å²) in [5.74, 6) is 0.516. The Balaban J connectivity index is 1.42. The molecule has 170 valence electrons. The van der Waals surface area contributed by atoms with Crippen LogP contribution in [0.1, 0.15) is 27.9 Å². The fourth-order valence-corrected chi connectivity index (χ4v) is 4.46. The molecule has 6 nitrogen and oxygen atoms in total. The Morgan fingerprint density at radius 2 is 1.73 bits per heavy atom. The van der Waals surface area contributed by atoms with Crippen LogP contribution in [0.15, 0.2) is 54.6 Å². The Hall–Kier alpha value is -3.56. The van der Waals surface area contributed by atoms with Gasteiger partial charge in [-0.3, -0.25) is 9.69 Å². The first kappa shape index (κ1) is 22.6. The minimum absolute atomic E-state index is 0.0812. The molecule has 6 heteroatoms. The van der Waals surface area contributed by atoms with Crippen molar-refractivity contribution >= 4 is 17.4 Å². The zero-order valence-corrected chi connectivity index (χ0v) is 19.6. The maximum Gasteiger partial charge on any atom is 0.239 e. The van der Waals surface area contributed by atoms with Crippen LogP contribution in [0.5, 0.6) is 0 Å². The molecule has 1 aliphatic heterocycles. The van der Waals surface area contributed by atoms with Crippen LogP contribution in [0.4, 0.5) is 11.5 Å². The molecule has 3 aromatic rings. The molecule has 0 atom stereocenters. The lowest BCUT2D eigenvalue weighted by molar-refractivity contribution is -0.117. The van der Waals surface area contributed by atoms with E-state index in [0.29, 0.717) is 24.5 Å². The van der Waals surface area contributed by atoms with Gasteiger partial charge in [-0.1, -0.05) is 42.5 Å². The molecule has 4 rings (SSSR count). The van der Waals surface area contributed by atoms with E-state index in [4.69, 9.17) is 0 Å². The highest BCUT2D eigenvalue weighted by Crippen LogP contribution is 2.27. The summed E-state index contributed by atoms with van der Waals surface area (Å²) in [6.45, 7) is 10.4. The quantitative estimate of drug-likeness (QED) is 0.626. The average Bonchev–Trinajstić information content (AvgIpc) is 3.04. The lowest BCUT2D eigenvalue weighted by atomic mass is 10.2. The van der Waals surface area contributed by atoms with Gasteiger partial charge in [-0.15, -0.1) is 0 Å². The van der Waals surface area contributed by atoms with E-state index in [2.05, 4.69) is 64.5 Å². The molecule has 1 aliphatic rings. The largest absolute Gasteiger partial charge is 0.369 e. The fraction of sp³-hybridized carbons (Fsp3) is 0.333. The number of carbonyl (C=O) groups excluding carboxylic acids is 1. The number of piperazine rings is 1. The number of nitrogens with one attached hydrogen (secondary N) is 1. The zero-order chi connectivity index (χ0) is 23.4. The number of nitrogens with zero attached hydrogens (tertiary/aromatic N) is 4. The van der Waals surface area contributed by atoms with Gasteiger partial charge in [0.2, 0.25) is 5.91 Å². The van der Waals surface area contributed by atoms with Crippen molar-refractivity contribution in [1.29, 1.82) is 5.26 Å². The smallest absolute Gasteiger partial charge is 0.239 e. The van der Waals surface area contributed by atoms with Crippen molar-refractivity contribution in [2.75, 3.05) is 42.9 Å². The first-order valence-electron chi connectivity index (χ1n) is 11.4. The average molecular weight is 442 g/mol. The van der Waals surface area contributed by atoms with Crippen molar-refractivity contribution in [2.24, 2.45) is 0 Å². The Labute approximate surface area is 196 Å². The molecule has 0 bridgehead atoms. The van der Waals surface area contributed by atoms with Gasteiger partial charge >= 0.3 is 0 Å². The molecule has 1 amide bonds. The summed E-state index contributed by atoms with van der Waals surface area (Å²) < 4.78 is 2.04. The molecule has 0 unspecified atom stereocenters. The van der Waals surface area contributed by atoms with Crippen molar-refractivity contribution in [1.82, 2.24) is 9.47 Å². The Morgan fingerprint density at radius 1 is 1.00 bits per heavy atom. The Bertz CT molecular complexity index is 1170. The molecule has 0 spiro atoms. The Kier molecular flexibility index (Phi) is 6.81. The molecule has 1 N–H and O–H groups in total. The number of benzene rings is 2. The predicted octanol–water partition coefficient (Wildman–Crippen LogP) is 4.09. The molecular weight excluding hydrogens is 410 g/mol. The molecule has 0 radical (unpaired) electrons. The molecule has 1 aromatic heterocycles. The fourth-order valence-electron chi connectivity index (χ4n) is 4.46. The van der Waals surface area contributed by atoms with Crippen LogP contribution in [0.2, 0.25) is 0 Å². The zero-order valence-electron chi connectivity index (χ0n) is 19.6.